The summed E-state index contributed by atoms with van der Waals surface area (Å²) in [5, 5.41) is 5.85. The number of carbonyl (C=O) groups excluding carboxylic acids is 3. The second-order valence-electron chi connectivity index (χ2n) is 7.08. The van der Waals surface area contributed by atoms with Crippen LogP contribution in [0.2, 0.25) is 5.02 Å². The van der Waals surface area contributed by atoms with Crippen LogP contribution in [0.5, 0.6) is 0 Å². The monoisotopic (exact) mass is 462 g/mol. The molecule has 168 valence electrons. The van der Waals surface area contributed by atoms with E-state index in [-0.39, 0.29) is 25.3 Å². The van der Waals surface area contributed by atoms with Gasteiger partial charge >= 0.3 is 5.97 Å². The molecule has 0 atom stereocenters. The van der Waals surface area contributed by atoms with Crippen molar-refractivity contribution in [3.05, 3.63) is 112 Å². The molecule has 3 aromatic carbocycles. The van der Waals surface area contributed by atoms with Crippen LogP contribution in [0.3, 0.4) is 0 Å². The lowest BCUT2D eigenvalue weighted by atomic mass is 10.1. The fourth-order valence-corrected chi connectivity index (χ4v) is 2.98. The molecule has 2 amide bonds. The topological polar surface area (TPSA) is 84.5 Å². The Labute approximate surface area is 197 Å². The van der Waals surface area contributed by atoms with Crippen molar-refractivity contribution in [2.75, 3.05) is 6.54 Å². The van der Waals surface area contributed by atoms with Gasteiger partial charge < -0.3 is 15.4 Å². The van der Waals surface area contributed by atoms with Gasteiger partial charge in [-0.2, -0.15) is 0 Å². The van der Waals surface area contributed by atoms with Gasteiger partial charge in [-0.3, -0.25) is 14.4 Å². The van der Waals surface area contributed by atoms with Crippen molar-refractivity contribution in [3.8, 4) is 0 Å². The first-order valence-electron chi connectivity index (χ1n) is 10.3. The number of esters is 1. The maximum absolute atomic E-state index is 12.8. The molecule has 0 heterocycles. The van der Waals surface area contributed by atoms with Crippen LogP contribution in [-0.2, 0) is 20.9 Å². The summed E-state index contributed by atoms with van der Waals surface area (Å²) in [4.78, 5) is 37.3. The van der Waals surface area contributed by atoms with Crippen LogP contribution in [0.15, 0.2) is 90.6 Å². The molecule has 0 unspecified atom stereocenters. The van der Waals surface area contributed by atoms with Gasteiger partial charge in [-0.05, 0) is 41.5 Å². The third-order valence-corrected chi connectivity index (χ3v) is 4.82. The van der Waals surface area contributed by atoms with Gasteiger partial charge in [0.15, 0.2) is 0 Å². The van der Waals surface area contributed by atoms with E-state index in [1.807, 2.05) is 30.3 Å². The number of hydrogen-bond donors (Lipinski definition) is 2. The highest BCUT2D eigenvalue weighted by Crippen LogP contribution is 2.12. The third-order valence-electron chi connectivity index (χ3n) is 4.57. The maximum Gasteiger partial charge on any atom is 0.307 e. The van der Waals surface area contributed by atoms with Crippen LogP contribution in [0.25, 0.3) is 6.08 Å². The third kappa shape index (κ3) is 7.94. The van der Waals surface area contributed by atoms with E-state index in [1.165, 1.54) is 0 Å². The van der Waals surface area contributed by atoms with Gasteiger partial charge in [0.05, 0.1) is 6.42 Å². The Bertz CT molecular complexity index is 1110. The van der Waals surface area contributed by atoms with E-state index in [0.29, 0.717) is 16.1 Å². The molecule has 3 aromatic rings. The standard InChI is InChI=1S/C26H23ClN2O4/c27-22-13-11-19(12-14-22)17-23(29-25(31)21-9-5-2-6-10-21)26(32)28-16-15-24(30)33-18-20-7-3-1-4-8-20/h1-14,17H,15-16,18H2,(H,28,32)(H,29,31)/b23-17+. The van der Waals surface area contributed by atoms with Gasteiger partial charge in [0, 0.05) is 17.1 Å². The summed E-state index contributed by atoms with van der Waals surface area (Å²) >= 11 is 5.92. The Balaban J connectivity index is 1.60. The van der Waals surface area contributed by atoms with E-state index < -0.39 is 17.8 Å². The summed E-state index contributed by atoms with van der Waals surface area (Å²) in [5.74, 6) is -1.38. The number of nitrogens with one attached hydrogen (secondary N) is 2. The summed E-state index contributed by atoms with van der Waals surface area (Å²) in [5.41, 5.74) is 2.02. The lowest BCUT2D eigenvalue weighted by molar-refractivity contribution is -0.144. The quantitative estimate of drug-likeness (QED) is 0.365. The molecular weight excluding hydrogens is 440 g/mol. The molecule has 2 N–H and O–H groups in total. The van der Waals surface area contributed by atoms with Crippen molar-refractivity contribution in [2.24, 2.45) is 0 Å². The summed E-state index contributed by atoms with van der Waals surface area (Å²) in [6, 6.07) is 24.7. The van der Waals surface area contributed by atoms with Crippen LogP contribution < -0.4 is 10.6 Å². The zero-order valence-electron chi connectivity index (χ0n) is 17.8. The molecule has 33 heavy (non-hydrogen) atoms. The predicted molar refractivity (Wildman–Crippen MR) is 127 cm³/mol. The van der Waals surface area contributed by atoms with E-state index in [4.69, 9.17) is 16.3 Å². The largest absolute Gasteiger partial charge is 0.461 e. The van der Waals surface area contributed by atoms with E-state index >= 15 is 0 Å². The van der Waals surface area contributed by atoms with Crippen LogP contribution in [0, 0.1) is 0 Å². The molecule has 0 aliphatic heterocycles. The zero-order valence-corrected chi connectivity index (χ0v) is 18.5. The van der Waals surface area contributed by atoms with Crippen LogP contribution in [-0.4, -0.2) is 24.3 Å². The lowest BCUT2D eigenvalue weighted by Gasteiger charge is -2.11. The molecule has 0 saturated carbocycles. The Morgan fingerprint density at radius 2 is 1.48 bits per heavy atom. The number of carbonyl (C=O) groups is 3. The normalized spacial score (nSPS) is 10.9. The second-order valence-corrected chi connectivity index (χ2v) is 7.52. The number of rotatable bonds is 9. The molecule has 0 aliphatic rings. The maximum atomic E-state index is 12.8. The number of amides is 2. The molecule has 0 saturated heterocycles. The van der Waals surface area contributed by atoms with Gasteiger partial charge in [0.2, 0.25) is 0 Å². The molecule has 0 aromatic heterocycles. The highest BCUT2D eigenvalue weighted by atomic mass is 35.5. The van der Waals surface area contributed by atoms with Crippen molar-refractivity contribution in [1.82, 2.24) is 10.6 Å². The number of ether oxygens (including phenoxy) is 1. The van der Waals surface area contributed by atoms with E-state index in [1.54, 1.807) is 60.7 Å². The first kappa shape index (κ1) is 23.8. The lowest BCUT2D eigenvalue weighted by Crippen LogP contribution is -2.35. The molecule has 0 radical (unpaired) electrons. The minimum absolute atomic E-state index is 0.000565. The first-order chi connectivity index (χ1) is 16.0. The van der Waals surface area contributed by atoms with Crippen LogP contribution in [0.1, 0.15) is 27.9 Å². The summed E-state index contributed by atoms with van der Waals surface area (Å²) in [7, 11) is 0. The number of halogens is 1. The van der Waals surface area contributed by atoms with Crippen molar-refractivity contribution in [3.63, 3.8) is 0 Å². The summed E-state index contributed by atoms with van der Waals surface area (Å²) < 4.78 is 5.21. The van der Waals surface area contributed by atoms with Gasteiger partial charge in [-0.25, -0.2) is 0 Å². The van der Waals surface area contributed by atoms with Crippen molar-refractivity contribution in [2.45, 2.75) is 13.0 Å². The van der Waals surface area contributed by atoms with Crippen molar-refractivity contribution in [1.29, 1.82) is 0 Å². The molecule has 3 rings (SSSR count). The smallest absolute Gasteiger partial charge is 0.307 e. The van der Waals surface area contributed by atoms with Crippen LogP contribution in [0.4, 0.5) is 0 Å². The molecule has 6 nitrogen and oxygen atoms in total. The fourth-order valence-electron chi connectivity index (χ4n) is 2.85. The molecule has 7 heteroatoms. The van der Waals surface area contributed by atoms with E-state index in [2.05, 4.69) is 10.6 Å². The minimum atomic E-state index is -0.523. The minimum Gasteiger partial charge on any atom is -0.461 e. The summed E-state index contributed by atoms with van der Waals surface area (Å²) in [6.07, 6.45) is 1.54. The Hall–Kier alpha value is -3.90. The SMILES string of the molecule is O=C(CCNC(=O)/C(=C\c1ccc(Cl)cc1)NC(=O)c1ccccc1)OCc1ccccc1. The van der Waals surface area contributed by atoms with Gasteiger partial charge in [-0.15, -0.1) is 0 Å². The van der Waals surface area contributed by atoms with E-state index in [9.17, 15) is 14.4 Å². The van der Waals surface area contributed by atoms with Gasteiger partial charge in [0.1, 0.15) is 12.3 Å². The molecule has 0 bridgehead atoms. The van der Waals surface area contributed by atoms with Crippen molar-refractivity contribution < 1.29 is 19.1 Å². The Kier molecular flexibility index (Phi) is 8.79. The van der Waals surface area contributed by atoms with Crippen LogP contribution >= 0.6 is 11.6 Å². The number of hydrogen-bond acceptors (Lipinski definition) is 4. The average Bonchev–Trinajstić information content (AvgIpc) is 2.84. The summed E-state index contributed by atoms with van der Waals surface area (Å²) in [6.45, 7) is 0.230. The second kappa shape index (κ2) is 12.2. The number of benzene rings is 3. The van der Waals surface area contributed by atoms with Gasteiger partial charge in [-0.1, -0.05) is 72.3 Å². The average molecular weight is 463 g/mol. The molecular formula is C26H23ClN2O4. The molecule has 0 fully saturated rings. The Morgan fingerprint density at radius 1 is 0.848 bits per heavy atom. The van der Waals surface area contributed by atoms with E-state index in [0.717, 1.165) is 5.56 Å². The van der Waals surface area contributed by atoms with Gasteiger partial charge in [0.25, 0.3) is 11.8 Å². The first-order valence-corrected chi connectivity index (χ1v) is 10.7. The highest BCUT2D eigenvalue weighted by Gasteiger charge is 2.15. The fraction of sp³-hybridized carbons (Fsp3) is 0.115. The molecule has 0 aliphatic carbocycles. The predicted octanol–water partition coefficient (Wildman–Crippen LogP) is 4.36. The zero-order chi connectivity index (χ0) is 23.5. The Morgan fingerprint density at radius 3 is 2.15 bits per heavy atom. The van der Waals surface area contributed by atoms with Crippen molar-refractivity contribution >= 4 is 35.5 Å². The highest BCUT2D eigenvalue weighted by molar-refractivity contribution is 6.30. The molecule has 0 spiro atoms.